The van der Waals surface area contributed by atoms with Gasteiger partial charge in [0.05, 0.1) is 10.1 Å². The number of carbonyl (C=O) groups is 1. The molecule has 2 unspecified atom stereocenters. The Hall–Kier alpha value is -0.330. The van der Waals surface area contributed by atoms with Crippen LogP contribution >= 0.6 is 23.1 Å². The number of sulfone groups is 1. The van der Waals surface area contributed by atoms with Crippen LogP contribution in [0.2, 0.25) is 0 Å². The Morgan fingerprint density at radius 3 is 2.86 bits per heavy atom. The van der Waals surface area contributed by atoms with Gasteiger partial charge in [-0.3, -0.25) is 4.79 Å². The molecule has 1 aromatic rings. The molecule has 116 valence electrons. The van der Waals surface area contributed by atoms with E-state index < -0.39 is 9.84 Å². The molecule has 0 saturated heterocycles. The van der Waals surface area contributed by atoms with Crippen molar-refractivity contribution in [1.29, 1.82) is 0 Å². The summed E-state index contributed by atoms with van der Waals surface area (Å²) >= 11 is 3.55. The third-order valence-corrected chi connectivity index (χ3v) is 8.37. The lowest BCUT2D eigenvalue weighted by Gasteiger charge is -2.26. The number of rotatable bonds is 3. The summed E-state index contributed by atoms with van der Waals surface area (Å²) in [5.74, 6) is 2.22. The van der Waals surface area contributed by atoms with Gasteiger partial charge in [-0.2, -0.15) is 11.8 Å². The molecule has 0 N–H and O–H groups in total. The second-order valence-corrected chi connectivity index (χ2v) is 10.6. The molecule has 1 fully saturated rings. The van der Waals surface area contributed by atoms with Crippen LogP contribution in [0.1, 0.15) is 45.8 Å². The first-order chi connectivity index (χ1) is 9.95. The minimum Gasteiger partial charge on any atom is -0.293 e. The Bertz CT molecular complexity index is 622. The summed E-state index contributed by atoms with van der Waals surface area (Å²) in [4.78, 5) is 14.9. The molecule has 2 atom stereocenters. The van der Waals surface area contributed by atoms with Crippen molar-refractivity contribution in [2.45, 2.75) is 43.1 Å². The molecule has 0 radical (unpaired) electrons. The van der Waals surface area contributed by atoms with Gasteiger partial charge in [-0.1, -0.05) is 6.42 Å². The molecule has 0 aromatic carbocycles. The predicted molar refractivity (Wildman–Crippen MR) is 89.1 cm³/mol. The van der Waals surface area contributed by atoms with Gasteiger partial charge < -0.3 is 0 Å². The number of Topliss-reactive ketones (excluding diaryl/α,β-unsaturated/α-hetero) is 1. The van der Waals surface area contributed by atoms with Crippen molar-refractivity contribution in [2.75, 3.05) is 12.0 Å². The molecular formula is C15H20O3S3. The average molecular weight is 345 g/mol. The summed E-state index contributed by atoms with van der Waals surface area (Å²) in [6, 6.07) is 2.05. The predicted octanol–water partition coefficient (Wildman–Crippen LogP) is 3.32. The van der Waals surface area contributed by atoms with E-state index in [1.54, 1.807) is 11.3 Å². The first-order valence-corrected chi connectivity index (χ1v) is 11.3. The molecule has 21 heavy (non-hydrogen) atoms. The Balaban J connectivity index is 1.77. The van der Waals surface area contributed by atoms with Gasteiger partial charge in [-0.05, 0) is 43.1 Å². The van der Waals surface area contributed by atoms with Crippen LogP contribution in [-0.2, 0) is 22.0 Å². The summed E-state index contributed by atoms with van der Waals surface area (Å²) in [5.41, 5.74) is 1.31. The SMILES string of the molecule is CS(=O)(=O)C1CCCC(C(=O)c2cc3c(s2)CCSC3)C1. The highest BCUT2D eigenvalue weighted by Gasteiger charge is 2.33. The molecule has 6 heteroatoms. The Morgan fingerprint density at radius 1 is 1.33 bits per heavy atom. The van der Waals surface area contributed by atoms with Crippen LogP contribution in [0.4, 0.5) is 0 Å². The highest BCUT2D eigenvalue weighted by Crippen LogP contribution is 2.36. The standard InChI is InChI=1S/C15H20O3S3/c1-21(17,18)12-4-2-3-10(7-12)15(16)14-8-11-9-19-6-5-13(11)20-14/h8,10,12H,2-7,9H2,1H3. The van der Waals surface area contributed by atoms with E-state index in [1.807, 2.05) is 11.8 Å². The van der Waals surface area contributed by atoms with E-state index in [-0.39, 0.29) is 17.0 Å². The number of ketones is 1. The van der Waals surface area contributed by atoms with Gasteiger partial charge in [-0.15, -0.1) is 11.3 Å². The van der Waals surface area contributed by atoms with Crippen molar-refractivity contribution in [3.05, 3.63) is 21.4 Å². The lowest BCUT2D eigenvalue weighted by atomic mass is 9.85. The topological polar surface area (TPSA) is 51.2 Å². The van der Waals surface area contributed by atoms with Crippen molar-refractivity contribution in [3.8, 4) is 0 Å². The van der Waals surface area contributed by atoms with Crippen molar-refractivity contribution in [1.82, 2.24) is 0 Å². The number of carbonyl (C=O) groups excluding carboxylic acids is 1. The maximum atomic E-state index is 12.7. The fourth-order valence-corrected chi connectivity index (χ4v) is 6.81. The van der Waals surface area contributed by atoms with Gasteiger partial charge in [0.2, 0.25) is 0 Å². The number of thioether (sulfide) groups is 1. The van der Waals surface area contributed by atoms with Crippen molar-refractivity contribution in [3.63, 3.8) is 0 Å². The van der Waals surface area contributed by atoms with Gasteiger partial charge in [-0.25, -0.2) is 8.42 Å². The highest BCUT2D eigenvalue weighted by molar-refractivity contribution is 7.98. The van der Waals surface area contributed by atoms with Crippen molar-refractivity contribution < 1.29 is 13.2 Å². The maximum Gasteiger partial charge on any atom is 0.175 e. The second-order valence-electron chi connectivity index (χ2n) is 6.04. The van der Waals surface area contributed by atoms with Crippen LogP contribution in [0, 0.1) is 5.92 Å². The van der Waals surface area contributed by atoms with Gasteiger partial charge in [0.15, 0.2) is 5.78 Å². The zero-order chi connectivity index (χ0) is 15.0. The molecule has 2 aliphatic rings. The largest absolute Gasteiger partial charge is 0.293 e. The fraction of sp³-hybridized carbons (Fsp3) is 0.667. The molecule has 1 aliphatic carbocycles. The molecule has 1 saturated carbocycles. The van der Waals surface area contributed by atoms with E-state index >= 15 is 0 Å². The summed E-state index contributed by atoms with van der Waals surface area (Å²) in [5, 5.41) is -0.328. The van der Waals surface area contributed by atoms with E-state index in [4.69, 9.17) is 0 Å². The Kier molecular flexibility index (Phi) is 4.48. The first kappa shape index (κ1) is 15.6. The fourth-order valence-electron chi connectivity index (χ4n) is 3.24. The lowest BCUT2D eigenvalue weighted by molar-refractivity contribution is 0.0895. The monoisotopic (exact) mass is 344 g/mol. The summed E-state index contributed by atoms with van der Waals surface area (Å²) < 4.78 is 23.5. The number of hydrogen-bond donors (Lipinski definition) is 0. The summed E-state index contributed by atoms with van der Waals surface area (Å²) in [6.07, 6.45) is 5.26. The number of thiophene rings is 1. The molecular weight excluding hydrogens is 324 g/mol. The summed E-state index contributed by atoms with van der Waals surface area (Å²) in [7, 11) is -3.03. The van der Waals surface area contributed by atoms with Crippen LogP contribution in [-0.4, -0.2) is 31.5 Å². The smallest absolute Gasteiger partial charge is 0.175 e. The van der Waals surface area contributed by atoms with Gasteiger partial charge in [0.25, 0.3) is 0 Å². The quantitative estimate of drug-likeness (QED) is 0.789. The average Bonchev–Trinajstić information content (AvgIpc) is 2.89. The number of fused-ring (bicyclic) bond motifs is 1. The molecule has 0 spiro atoms. The van der Waals surface area contributed by atoms with Crippen LogP contribution in [0.3, 0.4) is 0 Å². The van der Waals surface area contributed by atoms with Gasteiger partial charge in [0, 0.05) is 22.8 Å². The zero-order valence-electron chi connectivity index (χ0n) is 12.1. The van der Waals surface area contributed by atoms with Crippen LogP contribution < -0.4 is 0 Å². The lowest BCUT2D eigenvalue weighted by Crippen LogP contribution is -2.30. The van der Waals surface area contributed by atoms with Crippen molar-refractivity contribution >= 4 is 38.7 Å². The third kappa shape index (κ3) is 3.37. The van der Waals surface area contributed by atoms with Crippen molar-refractivity contribution in [2.24, 2.45) is 5.92 Å². The Morgan fingerprint density at radius 2 is 2.14 bits per heavy atom. The minimum atomic E-state index is -3.03. The van der Waals surface area contributed by atoms with E-state index in [1.165, 1.54) is 16.7 Å². The molecule has 3 nitrogen and oxygen atoms in total. The van der Waals surface area contributed by atoms with Gasteiger partial charge in [0.1, 0.15) is 9.84 Å². The molecule has 0 bridgehead atoms. The van der Waals surface area contributed by atoms with Gasteiger partial charge >= 0.3 is 0 Å². The number of hydrogen-bond acceptors (Lipinski definition) is 5. The number of aryl methyl sites for hydroxylation is 1. The molecule has 2 heterocycles. The normalized spacial score (nSPS) is 26.3. The maximum absolute atomic E-state index is 12.7. The molecule has 0 amide bonds. The van der Waals surface area contributed by atoms with Crippen LogP contribution in [0.5, 0.6) is 0 Å². The zero-order valence-corrected chi connectivity index (χ0v) is 14.6. The van der Waals surface area contributed by atoms with Crippen LogP contribution in [0.25, 0.3) is 0 Å². The molecule has 3 rings (SSSR count). The van der Waals surface area contributed by atoms with E-state index in [0.717, 1.165) is 35.6 Å². The highest BCUT2D eigenvalue weighted by atomic mass is 32.2. The van der Waals surface area contributed by atoms with E-state index in [2.05, 4.69) is 6.07 Å². The van der Waals surface area contributed by atoms with E-state index in [9.17, 15) is 13.2 Å². The van der Waals surface area contributed by atoms with Crippen LogP contribution in [0.15, 0.2) is 6.07 Å². The Labute approximate surface area is 134 Å². The third-order valence-electron chi connectivity index (χ3n) is 4.47. The summed E-state index contributed by atoms with van der Waals surface area (Å²) in [6.45, 7) is 0. The molecule has 1 aliphatic heterocycles. The minimum absolute atomic E-state index is 0.105. The van der Waals surface area contributed by atoms with E-state index in [0.29, 0.717) is 12.8 Å². The molecule has 1 aromatic heterocycles. The second kappa shape index (κ2) is 6.05. The first-order valence-electron chi connectivity index (χ1n) is 7.37.